The third-order valence-electron chi connectivity index (χ3n) is 3.82. The minimum Gasteiger partial charge on any atom is -0.454 e. The van der Waals surface area contributed by atoms with Gasteiger partial charge < -0.3 is 4.74 Å². The second kappa shape index (κ2) is 7.44. The predicted molar refractivity (Wildman–Crippen MR) is 98.2 cm³/mol. The van der Waals surface area contributed by atoms with Gasteiger partial charge in [0, 0.05) is 19.0 Å². The molecule has 3 aromatic rings. The van der Waals surface area contributed by atoms with Crippen LogP contribution in [0.15, 0.2) is 39.6 Å². The Kier molecular flexibility index (Phi) is 5.06. The summed E-state index contributed by atoms with van der Waals surface area (Å²) in [6.07, 6.45) is 0.0796. The van der Waals surface area contributed by atoms with Crippen LogP contribution in [0.25, 0.3) is 4.85 Å². The topological polar surface area (TPSA) is 88.1 Å². The molecule has 2 aromatic carbocycles. The maximum Gasteiger partial charge on any atom is 0.343 e. The molecule has 0 aliphatic rings. The van der Waals surface area contributed by atoms with Crippen LogP contribution in [0, 0.1) is 23.7 Å². The maximum absolute atomic E-state index is 15.0. The summed E-state index contributed by atoms with van der Waals surface area (Å²) in [6, 6.07) is 9.37. The van der Waals surface area contributed by atoms with E-state index in [0.717, 1.165) is 0 Å². The van der Waals surface area contributed by atoms with Crippen LogP contribution in [0.4, 0.5) is 10.1 Å². The Balaban J connectivity index is 1.99. The number of hydrogen-bond acceptors (Lipinski definition) is 4. The number of ether oxygens (including phenoxy) is 1. The molecular formula is C18H11BrFN5O2. The third-order valence-corrected chi connectivity index (χ3v) is 4.44. The Labute approximate surface area is 161 Å². The number of H-pyrrole nitrogens is 1. The molecular weight excluding hydrogens is 417 g/mol. The summed E-state index contributed by atoms with van der Waals surface area (Å²) in [5.74, 6) is -0.177. The van der Waals surface area contributed by atoms with Crippen molar-refractivity contribution in [3.8, 4) is 17.6 Å². The number of halogens is 2. The van der Waals surface area contributed by atoms with Crippen LogP contribution in [-0.2, 0) is 13.5 Å². The van der Waals surface area contributed by atoms with Gasteiger partial charge in [0.2, 0.25) is 0 Å². The third kappa shape index (κ3) is 3.73. The van der Waals surface area contributed by atoms with Crippen LogP contribution in [0.5, 0.6) is 11.5 Å². The normalized spacial score (nSPS) is 10.3. The van der Waals surface area contributed by atoms with Gasteiger partial charge in [-0.25, -0.2) is 19.1 Å². The zero-order valence-electron chi connectivity index (χ0n) is 14.0. The van der Waals surface area contributed by atoms with E-state index in [1.807, 2.05) is 6.07 Å². The fourth-order valence-corrected chi connectivity index (χ4v) is 2.79. The van der Waals surface area contributed by atoms with Gasteiger partial charge in [-0.1, -0.05) is 6.07 Å². The van der Waals surface area contributed by atoms with E-state index in [1.54, 1.807) is 12.1 Å². The van der Waals surface area contributed by atoms with E-state index >= 15 is 4.39 Å². The average molecular weight is 428 g/mol. The Morgan fingerprint density at radius 2 is 2.22 bits per heavy atom. The zero-order chi connectivity index (χ0) is 19.6. The van der Waals surface area contributed by atoms with Gasteiger partial charge in [-0.2, -0.15) is 10.4 Å². The van der Waals surface area contributed by atoms with Crippen molar-refractivity contribution < 1.29 is 9.13 Å². The van der Waals surface area contributed by atoms with Crippen molar-refractivity contribution in [3.63, 3.8) is 0 Å². The van der Waals surface area contributed by atoms with Crippen molar-refractivity contribution in [1.29, 1.82) is 5.26 Å². The quantitative estimate of drug-likeness (QED) is 0.641. The summed E-state index contributed by atoms with van der Waals surface area (Å²) in [4.78, 5) is 14.7. The van der Waals surface area contributed by atoms with Gasteiger partial charge in [-0.3, -0.25) is 4.57 Å². The molecule has 27 heavy (non-hydrogen) atoms. The molecule has 0 spiro atoms. The molecule has 0 bridgehead atoms. The molecule has 0 amide bonds. The Hall–Kier alpha value is -3.43. The second-order valence-electron chi connectivity index (χ2n) is 5.57. The Morgan fingerprint density at radius 3 is 2.85 bits per heavy atom. The summed E-state index contributed by atoms with van der Waals surface area (Å²) in [5, 5.41) is 15.2. The first-order valence-corrected chi connectivity index (χ1v) is 8.40. The van der Waals surface area contributed by atoms with Gasteiger partial charge in [0.25, 0.3) is 0 Å². The summed E-state index contributed by atoms with van der Waals surface area (Å²) < 4.78 is 22.3. The van der Waals surface area contributed by atoms with Crippen molar-refractivity contribution in [2.45, 2.75) is 6.42 Å². The minimum absolute atomic E-state index is 0.0796. The van der Waals surface area contributed by atoms with Gasteiger partial charge in [-0.15, -0.1) is 0 Å². The van der Waals surface area contributed by atoms with Gasteiger partial charge >= 0.3 is 5.69 Å². The average Bonchev–Trinajstić information content (AvgIpc) is 2.99. The molecule has 0 atom stereocenters. The van der Waals surface area contributed by atoms with E-state index in [2.05, 4.69) is 31.0 Å². The van der Waals surface area contributed by atoms with Gasteiger partial charge in [0.15, 0.2) is 17.3 Å². The predicted octanol–water partition coefficient (Wildman–Crippen LogP) is 3.82. The highest BCUT2D eigenvalue weighted by molar-refractivity contribution is 9.10. The molecule has 1 heterocycles. The highest BCUT2D eigenvalue weighted by Crippen LogP contribution is 2.36. The number of benzene rings is 2. The molecule has 1 aromatic heterocycles. The molecule has 7 nitrogen and oxygen atoms in total. The van der Waals surface area contributed by atoms with E-state index in [4.69, 9.17) is 16.6 Å². The number of aromatic nitrogens is 3. The molecule has 9 heteroatoms. The summed E-state index contributed by atoms with van der Waals surface area (Å²) in [5.41, 5.74) is 0.331. The monoisotopic (exact) mass is 427 g/mol. The molecule has 1 N–H and O–H groups in total. The maximum atomic E-state index is 15.0. The first kappa shape index (κ1) is 18.4. The minimum atomic E-state index is -0.633. The van der Waals surface area contributed by atoms with Crippen LogP contribution in [0.3, 0.4) is 0 Å². The number of rotatable bonds is 4. The number of nitrogens with one attached hydrogen (secondary N) is 1. The van der Waals surface area contributed by atoms with Crippen molar-refractivity contribution in [2.24, 2.45) is 7.05 Å². The molecule has 0 unspecified atom stereocenters. The van der Waals surface area contributed by atoms with E-state index in [1.165, 1.54) is 29.8 Å². The standard InChI is InChI=1S/C18H11BrFN5O2/c1-22-12-5-10(9-21)6-13(8-12)27-17-14(19)4-3-11(16(17)20)7-15-23-24-18(26)25(15)2/h3-6,8H,7H2,2H3,(H,24,26). The summed E-state index contributed by atoms with van der Waals surface area (Å²) in [6.45, 7) is 7.10. The van der Waals surface area contributed by atoms with E-state index in [9.17, 15) is 4.79 Å². The lowest BCUT2D eigenvalue weighted by Crippen LogP contribution is -2.15. The molecule has 0 saturated carbocycles. The Morgan fingerprint density at radius 1 is 1.44 bits per heavy atom. The van der Waals surface area contributed by atoms with Crippen molar-refractivity contribution in [1.82, 2.24) is 14.8 Å². The molecule has 0 saturated heterocycles. The Bertz CT molecular complexity index is 1140. The lowest BCUT2D eigenvalue weighted by atomic mass is 10.1. The van der Waals surface area contributed by atoms with E-state index < -0.39 is 5.82 Å². The van der Waals surface area contributed by atoms with Crippen LogP contribution in [-0.4, -0.2) is 14.8 Å². The van der Waals surface area contributed by atoms with E-state index in [-0.39, 0.29) is 40.4 Å². The lowest BCUT2D eigenvalue weighted by molar-refractivity contribution is 0.436. The highest BCUT2D eigenvalue weighted by atomic mass is 79.9. The lowest BCUT2D eigenvalue weighted by Gasteiger charge is -2.12. The van der Waals surface area contributed by atoms with Crippen LogP contribution in [0.2, 0.25) is 0 Å². The van der Waals surface area contributed by atoms with E-state index in [0.29, 0.717) is 10.3 Å². The fourth-order valence-electron chi connectivity index (χ4n) is 2.40. The molecule has 0 radical (unpaired) electrons. The van der Waals surface area contributed by atoms with Gasteiger partial charge in [0.05, 0.1) is 17.1 Å². The fraction of sp³-hybridized carbons (Fsp3) is 0.111. The number of nitrogens with zero attached hydrogens (tertiary/aromatic N) is 4. The first-order valence-electron chi connectivity index (χ1n) is 7.60. The zero-order valence-corrected chi connectivity index (χ0v) is 15.5. The molecule has 0 aliphatic carbocycles. The van der Waals surface area contributed by atoms with Crippen molar-refractivity contribution >= 4 is 21.6 Å². The number of hydrogen-bond donors (Lipinski definition) is 1. The van der Waals surface area contributed by atoms with Crippen molar-refractivity contribution in [2.75, 3.05) is 0 Å². The van der Waals surface area contributed by atoms with Gasteiger partial charge in [-0.05, 0) is 45.8 Å². The smallest absolute Gasteiger partial charge is 0.343 e. The van der Waals surface area contributed by atoms with Crippen LogP contribution < -0.4 is 10.4 Å². The number of nitriles is 1. The largest absolute Gasteiger partial charge is 0.454 e. The van der Waals surface area contributed by atoms with Crippen LogP contribution >= 0.6 is 15.9 Å². The SMILES string of the molecule is [C-]#[N+]c1cc(C#N)cc(Oc2c(Br)ccc(Cc3n[nH]c(=O)n3C)c2F)c1. The first-order chi connectivity index (χ1) is 12.9. The van der Waals surface area contributed by atoms with Crippen molar-refractivity contribution in [3.05, 3.63) is 79.5 Å². The van der Waals surface area contributed by atoms with Gasteiger partial charge in [0.1, 0.15) is 11.6 Å². The summed E-state index contributed by atoms with van der Waals surface area (Å²) in [7, 11) is 1.54. The molecule has 134 valence electrons. The second-order valence-corrected chi connectivity index (χ2v) is 6.43. The highest BCUT2D eigenvalue weighted by Gasteiger charge is 2.17. The molecule has 0 aliphatic heterocycles. The van der Waals surface area contributed by atoms with Crippen LogP contribution in [0.1, 0.15) is 17.0 Å². The summed E-state index contributed by atoms with van der Waals surface area (Å²) >= 11 is 3.25. The molecule has 0 fully saturated rings. The molecule has 3 rings (SSSR count). The number of aromatic amines is 1.